The molecule has 0 aromatic heterocycles. The zero-order valence-corrected chi connectivity index (χ0v) is 10.2. The summed E-state index contributed by atoms with van der Waals surface area (Å²) < 4.78 is 16.3. The minimum absolute atomic E-state index is 0.353. The van der Waals surface area contributed by atoms with E-state index in [1.807, 2.05) is 24.3 Å². The van der Waals surface area contributed by atoms with Crippen LogP contribution in [-0.4, -0.2) is 25.3 Å². The molecule has 1 aliphatic rings. The van der Waals surface area contributed by atoms with Crippen molar-refractivity contribution in [3.05, 3.63) is 29.8 Å². The Hall–Kier alpha value is -1.39. The molecule has 1 saturated heterocycles. The molecule has 0 saturated carbocycles. The van der Waals surface area contributed by atoms with Gasteiger partial charge in [-0.2, -0.15) is 0 Å². The predicted octanol–water partition coefficient (Wildman–Crippen LogP) is 2.09. The van der Waals surface area contributed by atoms with Crippen molar-refractivity contribution >= 4 is 6.29 Å². The second kappa shape index (κ2) is 4.47. The first-order valence-corrected chi connectivity index (χ1v) is 5.50. The molecule has 0 radical (unpaired) electrons. The first-order valence-electron chi connectivity index (χ1n) is 5.50. The molecular weight excluding hydrogens is 220 g/mol. The molecule has 1 aromatic carbocycles. The highest BCUT2D eigenvalue weighted by Crippen LogP contribution is 2.37. The van der Waals surface area contributed by atoms with Crippen LogP contribution in [0.1, 0.15) is 25.5 Å². The van der Waals surface area contributed by atoms with Gasteiger partial charge in [0.05, 0.1) is 7.11 Å². The van der Waals surface area contributed by atoms with E-state index in [0.717, 1.165) is 17.6 Å². The molecule has 4 nitrogen and oxygen atoms in total. The van der Waals surface area contributed by atoms with Gasteiger partial charge in [0.2, 0.25) is 0 Å². The van der Waals surface area contributed by atoms with Crippen LogP contribution in [0.4, 0.5) is 0 Å². The highest BCUT2D eigenvalue weighted by molar-refractivity contribution is 5.58. The first-order chi connectivity index (χ1) is 8.05. The summed E-state index contributed by atoms with van der Waals surface area (Å²) in [5.74, 6) is 0.0467. The van der Waals surface area contributed by atoms with Crippen molar-refractivity contribution in [3.63, 3.8) is 0 Å². The van der Waals surface area contributed by atoms with E-state index in [2.05, 4.69) is 0 Å². The Labute approximate surface area is 100 Å². The Kier molecular flexibility index (Phi) is 3.17. The summed E-state index contributed by atoms with van der Waals surface area (Å²) in [5, 5.41) is 0. The summed E-state index contributed by atoms with van der Waals surface area (Å²) in [6.45, 7) is 3.60. The van der Waals surface area contributed by atoms with Gasteiger partial charge in [0.15, 0.2) is 12.1 Å². The average Bonchev–Trinajstić information content (AvgIpc) is 2.65. The summed E-state index contributed by atoms with van der Waals surface area (Å²) in [7, 11) is 1.61. The van der Waals surface area contributed by atoms with E-state index in [1.54, 1.807) is 21.0 Å². The molecular formula is C13H16O4. The van der Waals surface area contributed by atoms with Crippen LogP contribution in [0.15, 0.2) is 24.3 Å². The fourth-order valence-corrected chi connectivity index (χ4v) is 1.94. The minimum Gasteiger partial charge on any atom is -0.497 e. The lowest BCUT2D eigenvalue weighted by Gasteiger charge is -2.17. The number of carbonyl (C=O) groups is 1. The van der Waals surface area contributed by atoms with Crippen molar-refractivity contribution in [1.82, 2.24) is 0 Å². The van der Waals surface area contributed by atoms with Gasteiger partial charge in [-0.1, -0.05) is 12.1 Å². The molecule has 0 amide bonds. The lowest BCUT2D eigenvalue weighted by Crippen LogP contribution is -2.21. The van der Waals surface area contributed by atoms with E-state index in [-0.39, 0.29) is 6.10 Å². The predicted molar refractivity (Wildman–Crippen MR) is 61.8 cm³/mol. The zero-order chi connectivity index (χ0) is 12.5. The maximum atomic E-state index is 11.0. The number of ether oxygens (including phenoxy) is 3. The quantitative estimate of drug-likeness (QED) is 0.754. The molecule has 1 fully saturated rings. The van der Waals surface area contributed by atoms with E-state index in [4.69, 9.17) is 14.2 Å². The van der Waals surface area contributed by atoms with Crippen LogP contribution < -0.4 is 4.74 Å². The van der Waals surface area contributed by atoms with Crippen molar-refractivity contribution in [2.45, 2.75) is 31.8 Å². The highest BCUT2D eigenvalue weighted by Gasteiger charge is 2.41. The lowest BCUT2D eigenvalue weighted by atomic mass is 10.1. The molecule has 4 heteroatoms. The lowest BCUT2D eigenvalue weighted by molar-refractivity contribution is -0.150. The van der Waals surface area contributed by atoms with E-state index >= 15 is 0 Å². The SMILES string of the molecule is COc1ccc([C@H]2OC(C)(C)O[C@@H]2C=O)cc1. The van der Waals surface area contributed by atoms with Crippen molar-refractivity contribution in [2.75, 3.05) is 7.11 Å². The highest BCUT2D eigenvalue weighted by atomic mass is 16.8. The number of benzene rings is 1. The topological polar surface area (TPSA) is 44.8 Å². The van der Waals surface area contributed by atoms with Crippen LogP contribution in [0.5, 0.6) is 5.75 Å². The molecule has 2 atom stereocenters. The smallest absolute Gasteiger partial charge is 0.164 e. The second-order valence-corrected chi connectivity index (χ2v) is 4.43. The standard InChI is InChI=1S/C13H16O4/c1-13(2)16-11(8-14)12(17-13)9-4-6-10(15-3)7-5-9/h4-8,11-12H,1-3H3/t11-,12-/m1/s1. The van der Waals surface area contributed by atoms with Crippen LogP contribution in [0.3, 0.4) is 0 Å². The van der Waals surface area contributed by atoms with Crippen LogP contribution in [0.2, 0.25) is 0 Å². The van der Waals surface area contributed by atoms with Crippen molar-refractivity contribution in [2.24, 2.45) is 0 Å². The van der Waals surface area contributed by atoms with E-state index in [9.17, 15) is 4.79 Å². The van der Waals surface area contributed by atoms with Gasteiger partial charge in [0, 0.05) is 0 Å². The molecule has 0 N–H and O–H groups in total. The molecule has 0 spiro atoms. The van der Waals surface area contributed by atoms with Crippen molar-refractivity contribution in [3.8, 4) is 5.75 Å². The fraction of sp³-hybridized carbons (Fsp3) is 0.462. The third-order valence-corrected chi connectivity index (χ3v) is 2.71. The van der Waals surface area contributed by atoms with E-state index < -0.39 is 11.9 Å². The Morgan fingerprint density at radius 3 is 2.41 bits per heavy atom. The Bertz CT molecular complexity index is 396. The van der Waals surface area contributed by atoms with Crippen molar-refractivity contribution < 1.29 is 19.0 Å². The number of hydrogen-bond donors (Lipinski definition) is 0. The van der Waals surface area contributed by atoms with Gasteiger partial charge in [-0.3, -0.25) is 0 Å². The Morgan fingerprint density at radius 2 is 1.88 bits per heavy atom. The van der Waals surface area contributed by atoms with E-state index in [0.29, 0.717) is 0 Å². The number of methoxy groups -OCH3 is 1. The maximum absolute atomic E-state index is 11.0. The number of hydrogen-bond acceptors (Lipinski definition) is 4. The molecule has 1 aromatic rings. The summed E-state index contributed by atoms with van der Waals surface area (Å²) in [6, 6.07) is 7.44. The van der Waals surface area contributed by atoms with Crippen molar-refractivity contribution in [1.29, 1.82) is 0 Å². The molecule has 92 valence electrons. The van der Waals surface area contributed by atoms with Crippen LogP contribution >= 0.6 is 0 Å². The van der Waals surface area contributed by atoms with Gasteiger partial charge >= 0.3 is 0 Å². The van der Waals surface area contributed by atoms with Gasteiger partial charge in [-0.15, -0.1) is 0 Å². The number of rotatable bonds is 3. The van der Waals surface area contributed by atoms with Gasteiger partial charge in [0.1, 0.15) is 18.0 Å². The summed E-state index contributed by atoms with van der Waals surface area (Å²) in [5.41, 5.74) is 0.911. The minimum atomic E-state index is -0.726. The fourth-order valence-electron chi connectivity index (χ4n) is 1.94. The van der Waals surface area contributed by atoms with Crippen LogP contribution in [0, 0.1) is 0 Å². The van der Waals surface area contributed by atoms with Gasteiger partial charge in [-0.25, -0.2) is 0 Å². The van der Waals surface area contributed by atoms with Gasteiger partial charge in [-0.05, 0) is 31.5 Å². The van der Waals surface area contributed by atoms with E-state index in [1.165, 1.54) is 0 Å². The van der Waals surface area contributed by atoms with Gasteiger partial charge < -0.3 is 19.0 Å². The summed E-state index contributed by atoms with van der Waals surface area (Å²) >= 11 is 0. The molecule has 0 bridgehead atoms. The monoisotopic (exact) mass is 236 g/mol. The molecule has 1 heterocycles. The molecule has 0 unspecified atom stereocenters. The molecule has 2 rings (SSSR count). The third kappa shape index (κ3) is 2.48. The summed E-state index contributed by atoms with van der Waals surface area (Å²) in [6.07, 6.45) is -0.129. The average molecular weight is 236 g/mol. The van der Waals surface area contributed by atoms with Gasteiger partial charge in [0.25, 0.3) is 0 Å². The number of carbonyl (C=O) groups excluding carboxylic acids is 1. The zero-order valence-electron chi connectivity index (χ0n) is 10.2. The summed E-state index contributed by atoms with van der Waals surface area (Å²) in [4.78, 5) is 11.0. The Morgan fingerprint density at radius 1 is 1.24 bits per heavy atom. The van der Waals surface area contributed by atoms with Crippen LogP contribution in [-0.2, 0) is 14.3 Å². The molecule has 17 heavy (non-hydrogen) atoms. The molecule has 1 aliphatic heterocycles. The first kappa shape index (κ1) is 12.1. The van der Waals surface area contributed by atoms with Crippen LogP contribution in [0.25, 0.3) is 0 Å². The molecule has 0 aliphatic carbocycles. The largest absolute Gasteiger partial charge is 0.497 e. The third-order valence-electron chi connectivity index (χ3n) is 2.71. The number of aldehydes is 1. The Balaban J connectivity index is 2.23. The maximum Gasteiger partial charge on any atom is 0.164 e. The normalized spacial score (nSPS) is 26.8. The second-order valence-electron chi connectivity index (χ2n) is 4.43.